The van der Waals surface area contributed by atoms with Gasteiger partial charge in [0.05, 0.1) is 11.2 Å². The molecule has 0 fully saturated rings. The van der Waals surface area contributed by atoms with Gasteiger partial charge in [0, 0.05) is 41.9 Å². The minimum absolute atomic E-state index is 0.0769. The summed E-state index contributed by atoms with van der Waals surface area (Å²) in [5, 5.41) is 8.89. The Labute approximate surface area is 271 Å². The van der Waals surface area contributed by atoms with E-state index in [1.54, 1.807) is 0 Å². The van der Waals surface area contributed by atoms with Crippen LogP contribution < -0.4 is 0 Å². The van der Waals surface area contributed by atoms with E-state index in [-0.39, 0.29) is 5.41 Å². The monoisotopic (exact) mass is 603 g/mol. The molecule has 0 bridgehead atoms. The highest BCUT2D eigenvalue weighted by Gasteiger charge is 2.35. The highest BCUT2D eigenvalue weighted by Crippen LogP contribution is 2.51. The van der Waals surface area contributed by atoms with Crippen LogP contribution in [0.25, 0.3) is 86.1 Å². The third kappa shape index (κ3) is 3.59. The Hall–Kier alpha value is -5.31. The van der Waals surface area contributed by atoms with Gasteiger partial charge in [-0.1, -0.05) is 117 Å². The van der Waals surface area contributed by atoms with Crippen molar-refractivity contribution in [2.24, 2.45) is 0 Å². The number of benzene rings is 7. The SMILES string of the molecule is CC1(C)c2ccccc2-c2cc3c(cc21)c(-c1cccc(-c2cccc4c2sc2cc5ccccc5cc24)c1)nc1ccccc13. The van der Waals surface area contributed by atoms with Crippen LogP contribution in [0.3, 0.4) is 0 Å². The summed E-state index contributed by atoms with van der Waals surface area (Å²) in [7, 11) is 0. The van der Waals surface area contributed by atoms with E-state index in [1.807, 2.05) is 11.3 Å². The van der Waals surface area contributed by atoms with Crippen molar-refractivity contribution in [2.45, 2.75) is 19.3 Å². The topological polar surface area (TPSA) is 12.9 Å². The molecule has 0 saturated heterocycles. The van der Waals surface area contributed by atoms with Gasteiger partial charge >= 0.3 is 0 Å². The van der Waals surface area contributed by atoms with E-state index in [0.717, 1.165) is 16.8 Å². The lowest BCUT2D eigenvalue weighted by Gasteiger charge is -2.22. The van der Waals surface area contributed by atoms with Crippen LogP contribution in [0.2, 0.25) is 0 Å². The second-order valence-electron chi connectivity index (χ2n) is 13.2. The average Bonchev–Trinajstić information content (AvgIpc) is 3.57. The van der Waals surface area contributed by atoms with Crippen LogP contribution in [0.5, 0.6) is 0 Å². The molecule has 2 heterocycles. The first-order valence-corrected chi connectivity index (χ1v) is 16.8. The second kappa shape index (κ2) is 9.36. The van der Waals surface area contributed by atoms with E-state index in [0.29, 0.717) is 0 Å². The van der Waals surface area contributed by atoms with Crippen molar-refractivity contribution in [1.82, 2.24) is 4.98 Å². The quantitative estimate of drug-likeness (QED) is 0.179. The van der Waals surface area contributed by atoms with E-state index in [1.165, 1.54) is 80.5 Å². The third-order valence-corrected chi connectivity index (χ3v) is 11.4. The minimum atomic E-state index is -0.0769. The van der Waals surface area contributed by atoms with Crippen molar-refractivity contribution in [2.75, 3.05) is 0 Å². The number of thiophene rings is 1. The molecule has 7 aromatic carbocycles. The first kappa shape index (κ1) is 26.0. The fraction of sp³-hybridized carbons (Fsp3) is 0.0682. The highest BCUT2D eigenvalue weighted by atomic mass is 32.1. The van der Waals surface area contributed by atoms with Crippen LogP contribution >= 0.6 is 11.3 Å². The number of fused-ring (bicyclic) bond motifs is 10. The second-order valence-corrected chi connectivity index (χ2v) is 14.2. The molecule has 2 aromatic heterocycles. The molecule has 216 valence electrons. The van der Waals surface area contributed by atoms with E-state index in [4.69, 9.17) is 4.98 Å². The summed E-state index contributed by atoms with van der Waals surface area (Å²) >= 11 is 1.90. The lowest BCUT2D eigenvalue weighted by Crippen LogP contribution is -2.14. The number of hydrogen-bond donors (Lipinski definition) is 0. The van der Waals surface area contributed by atoms with Crippen molar-refractivity contribution in [1.29, 1.82) is 0 Å². The number of nitrogens with zero attached hydrogens (tertiary/aromatic N) is 1. The maximum Gasteiger partial charge on any atom is 0.0788 e. The van der Waals surface area contributed by atoms with E-state index in [9.17, 15) is 0 Å². The van der Waals surface area contributed by atoms with Crippen molar-refractivity contribution in [3.8, 4) is 33.5 Å². The van der Waals surface area contributed by atoms with E-state index < -0.39 is 0 Å². The van der Waals surface area contributed by atoms with Gasteiger partial charge in [-0.05, 0) is 85.9 Å². The molecule has 0 amide bonds. The molecule has 0 unspecified atom stereocenters. The van der Waals surface area contributed by atoms with Crippen molar-refractivity contribution >= 4 is 64.0 Å². The van der Waals surface area contributed by atoms with E-state index in [2.05, 4.69) is 153 Å². The van der Waals surface area contributed by atoms with Crippen LogP contribution in [0.15, 0.2) is 140 Å². The molecule has 0 N–H and O–H groups in total. The smallest absolute Gasteiger partial charge is 0.0788 e. The van der Waals surface area contributed by atoms with Crippen molar-refractivity contribution in [3.63, 3.8) is 0 Å². The van der Waals surface area contributed by atoms with E-state index >= 15 is 0 Å². The zero-order valence-corrected chi connectivity index (χ0v) is 26.5. The summed E-state index contributed by atoms with van der Waals surface area (Å²) in [6.45, 7) is 4.71. The normalized spacial score (nSPS) is 13.6. The average molecular weight is 604 g/mol. The minimum Gasteiger partial charge on any atom is -0.247 e. The Balaban J connectivity index is 1.21. The maximum atomic E-state index is 5.36. The molecule has 0 atom stereocenters. The molecule has 0 spiro atoms. The summed E-state index contributed by atoms with van der Waals surface area (Å²) in [5.74, 6) is 0. The molecule has 0 saturated carbocycles. The Morgan fingerprint density at radius 2 is 1.20 bits per heavy atom. The fourth-order valence-electron chi connectivity index (χ4n) is 7.91. The Morgan fingerprint density at radius 3 is 2.11 bits per heavy atom. The molecule has 9 aromatic rings. The van der Waals surface area contributed by atoms with Gasteiger partial charge in [-0.2, -0.15) is 0 Å². The molecule has 1 nitrogen and oxygen atoms in total. The van der Waals surface area contributed by atoms with Crippen LogP contribution in [-0.4, -0.2) is 4.98 Å². The number of para-hydroxylation sites is 1. The Morgan fingerprint density at radius 1 is 0.478 bits per heavy atom. The standard InChI is InChI=1S/C44H29NS/c1-44(2)38-19-7-5-15-31(38)35-24-34-32-16-6-8-20-40(32)45-42(37(34)25-39(35)44)29-14-9-13-28(21-29)30-17-10-18-33-36-22-26-11-3-4-12-27(26)23-41(36)46-43(30)33/h3-25H,1-2H3. The maximum absolute atomic E-state index is 5.36. The largest absolute Gasteiger partial charge is 0.247 e. The zero-order valence-electron chi connectivity index (χ0n) is 25.6. The first-order chi connectivity index (χ1) is 22.5. The fourth-order valence-corrected chi connectivity index (χ4v) is 9.18. The van der Waals surface area contributed by atoms with Crippen LogP contribution in [0.1, 0.15) is 25.0 Å². The van der Waals surface area contributed by atoms with Gasteiger partial charge in [-0.15, -0.1) is 11.3 Å². The number of hydrogen-bond acceptors (Lipinski definition) is 2. The number of aromatic nitrogens is 1. The summed E-state index contributed by atoms with van der Waals surface area (Å²) in [5.41, 5.74) is 11.1. The lowest BCUT2D eigenvalue weighted by atomic mass is 9.81. The Kier molecular flexibility index (Phi) is 5.28. The van der Waals surface area contributed by atoms with Crippen LogP contribution in [-0.2, 0) is 5.41 Å². The van der Waals surface area contributed by atoms with Gasteiger partial charge in [0.15, 0.2) is 0 Å². The van der Waals surface area contributed by atoms with Gasteiger partial charge < -0.3 is 0 Å². The number of pyridine rings is 1. The summed E-state index contributed by atoms with van der Waals surface area (Å²) < 4.78 is 2.66. The first-order valence-electron chi connectivity index (χ1n) is 16.0. The number of rotatable bonds is 2. The molecule has 1 aliphatic rings. The van der Waals surface area contributed by atoms with Gasteiger partial charge in [-0.25, -0.2) is 4.98 Å². The molecule has 10 rings (SSSR count). The summed E-state index contributed by atoms with van der Waals surface area (Å²) in [4.78, 5) is 5.36. The van der Waals surface area contributed by atoms with Crippen LogP contribution in [0.4, 0.5) is 0 Å². The van der Waals surface area contributed by atoms with Gasteiger partial charge in [0.25, 0.3) is 0 Å². The van der Waals surface area contributed by atoms with Gasteiger partial charge in [-0.3, -0.25) is 0 Å². The van der Waals surface area contributed by atoms with Gasteiger partial charge in [0.1, 0.15) is 0 Å². The van der Waals surface area contributed by atoms with Gasteiger partial charge in [0.2, 0.25) is 0 Å². The molecule has 46 heavy (non-hydrogen) atoms. The summed E-state index contributed by atoms with van der Waals surface area (Å²) in [6, 6.07) is 51.5. The predicted molar refractivity (Wildman–Crippen MR) is 198 cm³/mol. The van der Waals surface area contributed by atoms with Crippen molar-refractivity contribution < 1.29 is 0 Å². The zero-order chi connectivity index (χ0) is 30.6. The van der Waals surface area contributed by atoms with Crippen LogP contribution in [0, 0.1) is 0 Å². The molecule has 1 aliphatic carbocycles. The molecular formula is C44H29NS. The molecule has 0 aliphatic heterocycles. The third-order valence-electron chi connectivity index (χ3n) is 10.2. The lowest BCUT2D eigenvalue weighted by molar-refractivity contribution is 0.661. The molecule has 2 heteroatoms. The highest BCUT2D eigenvalue weighted by molar-refractivity contribution is 7.26. The molecular weight excluding hydrogens is 575 g/mol. The summed E-state index contributed by atoms with van der Waals surface area (Å²) in [6.07, 6.45) is 0. The van der Waals surface area contributed by atoms with Crippen molar-refractivity contribution in [3.05, 3.63) is 151 Å². The Bertz CT molecular complexity index is 2730. The predicted octanol–water partition coefficient (Wildman–Crippen LogP) is 12.5. The molecule has 0 radical (unpaired) electrons.